The quantitative estimate of drug-likeness (QED) is 0.407. The first kappa shape index (κ1) is 23.7. The summed E-state index contributed by atoms with van der Waals surface area (Å²) in [6.45, 7) is 3.45. The average molecular weight is 411 g/mol. The van der Waals surface area contributed by atoms with Crippen molar-refractivity contribution >= 4 is 5.97 Å². The highest BCUT2D eigenvalue weighted by atomic mass is 16.5. The zero-order chi connectivity index (χ0) is 21.6. The number of rotatable bonds is 5. The van der Waals surface area contributed by atoms with Crippen LogP contribution < -0.4 is 10.4 Å². The molecule has 2 bridgehead atoms. The van der Waals surface area contributed by atoms with Crippen molar-refractivity contribution in [2.75, 3.05) is 0 Å². The van der Waals surface area contributed by atoms with Crippen molar-refractivity contribution in [1.29, 1.82) is 0 Å². The first-order chi connectivity index (χ1) is 14.6. The maximum atomic E-state index is 12.9. The van der Waals surface area contributed by atoms with Crippen molar-refractivity contribution in [3.63, 3.8) is 0 Å². The molecule has 0 saturated heterocycles. The van der Waals surface area contributed by atoms with E-state index >= 15 is 0 Å². The fraction of sp³-hybridized carbons (Fsp3) is 0.462. The molecule has 2 heterocycles. The first-order valence-corrected chi connectivity index (χ1v) is 11.1. The second-order valence-corrected chi connectivity index (χ2v) is 7.53. The third-order valence-corrected chi connectivity index (χ3v) is 4.93. The van der Waals surface area contributed by atoms with Crippen LogP contribution in [0.1, 0.15) is 82.5 Å². The van der Waals surface area contributed by atoms with Crippen LogP contribution in [-0.2, 0) is 11.2 Å². The highest BCUT2D eigenvalue weighted by Crippen LogP contribution is 2.28. The van der Waals surface area contributed by atoms with Crippen molar-refractivity contribution in [3.05, 3.63) is 76.4 Å². The van der Waals surface area contributed by atoms with E-state index in [1.807, 2.05) is 24.3 Å². The van der Waals surface area contributed by atoms with Gasteiger partial charge in [-0.1, -0.05) is 68.4 Å². The highest BCUT2D eigenvalue weighted by Gasteiger charge is 2.20. The Morgan fingerprint density at radius 2 is 1.97 bits per heavy atom. The van der Waals surface area contributed by atoms with Crippen LogP contribution in [-0.4, -0.2) is 5.97 Å². The van der Waals surface area contributed by atoms with Gasteiger partial charge in [-0.05, 0) is 38.5 Å². The molecule has 1 aromatic heterocycles. The summed E-state index contributed by atoms with van der Waals surface area (Å²) in [5.74, 6) is 0.119. The molecule has 1 aromatic rings. The third-order valence-electron chi connectivity index (χ3n) is 4.93. The van der Waals surface area contributed by atoms with Crippen LogP contribution in [0, 0.1) is 0 Å². The molecule has 0 spiro atoms. The molecule has 0 N–H and O–H groups in total. The molecule has 0 saturated carbocycles. The van der Waals surface area contributed by atoms with E-state index in [1.54, 1.807) is 6.07 Å². The van der Waals surface area contributed by atoms with Gasteiger partial charge in [0, 0.05) is 25.3 Å². The summed E-state index contributed by atoms with van der Waals surface area (Å²) < 4.78 is 11.1. The van der Waals surface area contributed by atoms with E-state index in [0.717, 1.165) is 44.9 Å². The number of ether oxygens (including phenoxy) is 1. The van der Waals surface area contributed by atoms with Crippen molar-refractivity contribution in [2.24, 2.45) is 0 Å². The highest BCUT2D eigenvalue weighted by molar-refractivity contribution is 5.70. The number of esters is 1. The van der Waals surface area contributed by atoms with E-state index in [0.29, 0.717) is 23.5 Å². The molecule has 162 valence electrons. The van der Waals surface area contributed by atoms with Gasteiger partial charge in [-0.15, -0.1) is 0 Å². The van der Waals surface area contributed by atoms with E-state index in [1.165, 1.54) is 13.3 Å². The zero-order valence-electron chi connectivity index (χ0n) is 18.3. The molecular weight excluding hydrogens is 376 g/mol. The summed E-state index contributed by atoms with van der Waals surface area (Å²) in [6.07, 6.45) is 25.3. The molecular formula is C26H34O4. The van der Waals surface area contributed by atoms with Gasteiger partial charge in [0.05, 0.1) is 5.56 Å². The number of fused-ring (bicyclic) bond motifs is 11. The van der Waals surface area contributed by atoms with Crippen molar-refractivity contribution < 1.29 is 13.9 Å². The predicted octanol–water partition coefficient (Wildman–Crippen LogP) is 6.57. The lowest BCUT2D eigenvalue weighted by molar-refractivity contribution is -0.131. The fourth-order valence-electron chi connectivity index (χ4n) is 3.45. The third kappa shape index (κ3) is 8.40. The lowest BCUT2D eigenvalue weighted by atomic mass is 9.97. The van der Waals surface area contributed by atoms with E-state index in [2.05, 4.69) is 31.2 Å². The summed E-state index contributed by atoms with van der Waals surface area (Å²) in [7, 11) is 0. The number of carbonyl (C=O) groups is 1. The Labute approximate surface area is 180 Å². The molecule has 3 rings (SSSR count). The molecule has 1 atom stereocenters. The summed E-state index contributed by atoms with van der Waals surface area (Å²) in [6, 6.07) is 1.72. The minimum Gasteiger partial charge on any atom is -0.427 e. The minimum absolute atomic E-state index is 0.305. The van der Waals surface area contributed by atoms with Crippen LogP contribution in [0.4, 0.5) is 0 Å². The molecule has 4 nitrogen and oxygen atoms in total. The molecule has 1 aliphatic heterocycles. The normalized spacial score (nSPS) is 20.5. The Morgan fingerprint density at radius 3 is 2.77 bits per heavy atom. The maximum absolute atomic E-state index is 12.9. The SMILES string of the molecule is CC/C=C\C/C=C/C1/C=C\C/C=C\CCCCCCc2cc(OC(C)=O)c1c(=O)o2. The van der Waals surface area contributed by atoms with Crippen LogP contribution in [0.5, 0.6) is 5.75 Å². The Hall–Kier alpha value is -2.62. The lowest BCUT2D eigenvalue weighted by Crippen LogP contribution is -2.16. The van der Waals surface area contributed by atoms with Crippen LogP contribution in [0.15, 0.2) is 63.9 Å². The first-order valence-electron chi connectivity index (χ1n) is 11.1. The largest absolute Gasteiger partial charge is 0.427 e. The van der Waals surface area contributed by atoms with Gasteiger partial charge in [-0.2, -0.15) is 0 Å². The average Bonchev–Trinajstić information content (AvgIpc) is 2.69. The van der Waals surface area contributed by atoms with Crippen molar-refractivity contribution in [1.82, 2.24) is 0 Å². The van der Waals surface area contributed by atoms with Gasteiger partial charge < -0.3 is 9.15 Å². The molecule has 1 aliphatic carbocycles. The number of hydrogen-bond acceptors (Lipinski definition) is 4. The van der Waals surface area contributed by atoms with Gasteiger partial charge in [-0.25, -0.2) is 4.79 Å². The Kier molecular flexibility index (Phi) is 10.7. The van der Waals surface area contributed by atoms with Crippen LogP contribution in [0.2, 0.25) is 0 Å². The Morgan fingerprint density at radius 1 is 1.13 bits per heavy atom. The number of carbonyl (C=O) groups excluding carboxylic acids is 1. The number of aryl methyl sites for hydroxylation is 1. The molecule has 0 aromatic carbocycles. The molecule has 0 amide bonds. The van der Waals surface area contributed by atoms with Gasteiger partial charge in [0.1, 0.15) is 11.5 Å². The standard InChI is InChI=1S/C26H34O4/c1-3-4-5-11-14-17-22-18-15-12-9-7-6-8-10-13-16-19-23-20-24(29-21(2)27)25(22)26(28)30-23/h4-5,7,9,14-15,17-18,20,22H,3,6,8,10-13,16,19H2,1-2H3/b5-4-,9-7-,17-14+,18-15-. The second-order valence-electron chi connectivity index (χ2n) is 7.53. The van der Waals surface area contributed by atoms with Gasteiger partial charge >= 0.3 is 11.6 Å². The monoisotopic (exact) mass is 410 g/mol. The molecule has 30 heavy (non-hydrogen) atoms. The van der Waals surface area contributed by atoms with E-state index in [9.17, 15) is 9.59 Å². The summed E-state index contributed by atoms with van der Waals surface area (Å²) >= 11 is 0. The van der Waals surface area contributed by atoms with E-state index in [-0.39, 0.29) is 5.92 Å². The van der Waals surface area contributed by atoms with Crippen LogP contribution >= 0.6 is 0 Å². The van der Waals surface area contributed by atoms with Crippen molar-refractivity contribution in [3.8, 4) is 5.75 Å². The molecule has 1 unspecified atom stereocenters. The van der Waals surface area contributed by atoms with E-state index < -0.39 is 11.6 Å². The topological polar surface area (TPSA) is 56.5 Å². The fourth-order valence-corrected chi connectivity index (χ4v) is 3.45. The number of allylic oxidation sites excluding steroid dienone is 8. The molecule has 2 aliphatic rings. The summed E-state index contributed by atoms with van der Waals surface area (Å²) in [5, 5.41) is 0. The minimum atomic E-state index is -0.442. The summed E-state index contributed by atoms with van der Waals surface area (Å²) in [5.41, 5.74) is -0.0632. The van der Waals surface area contributed by atoms with Gasteiger partial charge in [0.25, 0.3) is 0 Å². The Bertz CT molecular complexity index is 839. The zero-order valence-corrected chi connectivity index (χ0v) is 18.3. The van der Waals surface area contributed by atoms with Gasteiger partial charge in [0.15, 0.2) is 0 Å². The maximum Gasteiger partial charge on any atom is 0.343 e. The van der Waals surface area contributed by atoms with Crippen molar-refractivity contribution in [2.45, 2.75) is 77.6 Å². The second kappa shape index (κ2) is 13.6. The Balaban J connectivity index is 2.43. The van der Waals surface area contributed by atoms with E-state index in [4.69, 9.17) is 9.15 Å². The predicted molar refractivity (Wildman–Crippen MR) is 122 cm³/mol. The van der Waals surface area contributed by atoms with Crippen LogP contribution in [0.25, 0.3) is 0 Å². The molecule has 0 fully saturated rings. The molecule has 0 radical (unpaired) electrons. The van der Waals surface area contributed by atoms with Gasteiger partial charge in [0.2, 0.25) is 0 Å². The molecule has 4 heteroatoms. The van der Waals surface area contributed by atoms with Gasteiger partial charge in [-0.3, -0.25) is 4.79 Å². The number of hydrogen-bond donors (Lipinski definition) is 0. The van der Waals surface area contributed by atoms with Crippen LogP contribution in [0.3, 0.4) is 0 Å². The lowest BCUT2D eigenvalue weighted by Gasteiger charge is -2.14. The summed E-state index contributed by atoms with van der Waals surface area (Å²) in [4.78, 5) is 24.6. The smallest absolute Gasteiger partial charge is 0.343 e.